The molecule has 7 heteroatoms. The number of hydrogen-bond acceptors (Lipinski definition) is 5. The van der Waals surface area contributed by atoms with Crippen LogP contribution in [-0.2, 0) is 0 Å². The number of unbranched alkanes of at least 4 members (excludes halogenated alkanes) is 10. The van der Waals surface area contributed by atoms with Gasteiger partial charge in [-0.25, -0.2) is 9.97 Å². The third-order valence-electron chi connectivity index (χ3n) is 11.3. The van der Waals surface area contributed by atoms with Crippen molar-refractivity contribution in [3.05, 3.63) is 126 Å². The molecule has 0 amide bonds. The average molecular weight is 796 g/mol. The van der Waals surface area contributed by atoms with Crippen LogP contribution >= 0.6 is 0 Å². The van der Waals surface area contributed by atoms with Gasteiger partial charge in [-0.2, -0.15) is 0 Å². The second kappa shape index (κ2) is 20.2. The van der Waals surface area contributed by atoms with E-state index >= 15 is 0 Å². The van der Waals surface area contributed by atoms with Crippen LogP contribution in [0, 0.1) is 0 Å². The number of aromatic nitrogens is 5. The number of fused-ring (bicyclic) bond motifs is 8. The largest absolute Gasteiger partial charge is 0.493 e. The molecular weight excluding hydrogens is 739 g/mol. The van der Waals surface area contributed by atoms with Crippen molar-refractivity contribution in [2.75, 3.05) is 13.2 Å². The van der Waals surface area contributed by atoms with Gasteiger partial charge in [-0.3, -0.25) is 4.98 Å². The molecule has 0 fully saturated rings. The molecule has 0 saturated heterocycles. The summed E-state index contributed by atoms with van der Waals surface area (Å²) in [6, 6.07) is 31.8. The van der Waals surface area contributed by atoms with Crippen molar-refractivity contribution in [1.29, 1.82) is 0 Å². The molecule has 8 rings (SSSR count). The highest BCUT2D eigenvalue weighted by Crippen LogP contribution is 2.37. The Kier molecular flexibility index (Phi) is 13.6. The summed E-state index contributed by atoms with van der Waals surface area (Å²) in [7, 11) is 0. The van der Waals surface area contributed by atoms with E-state index in [1.807, 2.05) is 24.5 Å². The summed E-state index contributed by atoms with van der Waals surface area (Å²) in [6.07, 6.45) is 26.7. The zero-order chi connectivity index (χ0) is 40.9. The summed E-state index contributed by atoms with van der Waals surface area (Å²) >= 11 is 0. The second-order valence-corrected chi connectivity index (χ2v) is 15.9. The van der Waals surface area contributed by atoms with Gasteiger partial charge in [0.2, 0.25) is 0 Å². The average Bonchev–Trinajstić information content (AvgIpc) is 4.12. The standard InChI is InChI=1S/C53H57N5O2/c1-3-5-7-9-11-13-31-59-46-33-41(34-47(37-46)60-32-14-12-10-8-6-4-2)53-50-25-21-44(57-50)35-42-19-23-48(55-42)52(40-17-15-38(16-18-40)39-27-29-54-30-28-39)49-24-20-43(56-49)36-45-22-26-51(53)58-45/h15-30,33-37,55,58H,3-14,31-32H2,1-2H3. The first-order valence-corrected chi connectivity index (χ1v) is 22.2. The molecule has 60 heavy (non-hydrogen) atoms. The lowest BCUT2D eigenvalue weighted by Crippen LogP contribution is -2.01. The van der Waals surface area contributed by atoms with Gasteiger partial charge in [-0.1, -0.05) is 102 Å². The fraction of sp³-hybridized carbons (Fsp3) is 0.302. The molecular formula is C53H57N5O2. The van der Waals surface area contributed by atoms with Gasteiger partial charge in [0.15, 0.2) is 0 Å². The van der Waals surface area contributed by atoms with E-state index in [4.69, 9.17) is 19.4 Å². The first kappa shape index (κ1) is 40.6. The van der Waals surface area contributed by atoms with E-state index in [1.165, 1.54) is 64.2 Å². The Morgan fingerprint density at radius 2 is 0.900 bits per heavy atom. The monoisotopic (exact) mass is 795 g/mol. The molecule has 4 aromatic heterocycles. The number of ether oxygens (including phenoxy) is 2. The molecule has 0 spiro atoms. The number of nitrogens with zero attached hydrogens (tertiary/aromatic N) is 3. The molecule has 7 nitrogen and oxygen atoms in total. The van der Waals surface area contributed by atoms with E-state index in [2.05, 4.69) is 132 Å². The highest BCUT2D eigenvalue weighted by Gasteiger charge is 2.16. The van der Waals surface area contributed by atoms with Crippen LogP contribution in [0.4, 0.5) is 0 Å². The topological polar surface area (TPSA) is 88.7 Å². The molecule has 0 unspecified atom stereocenters. The number of aromatic amines is 2. The quantitative estimate of drug-likeness (QED) is 0.0796. The lowest BCUT2D eigenvalue weighted by atomic mass is 10.00. The van der Waals surface area contributed by atoms with Gasteiger partial charge in [0.1, 0.15) is 11.5 Å². The van der Waals surface area contributed by atoms with Gasteiger partial charge in [0, 0.05) is 51.7 Å². The van der Waals surface area contributed by atoms with Crippen molar-refractivity contribution in [3.8, 4) is 44.9 Å². The smallest absolute Gasteiger partial charge is 0.123 e. The maximum Gasteiger partial charge on any atom is 0.123 e. The lowest BCUT2D eigenvalue weighted by molar-refractivity contribution is 0.290. The van der Waals surface area contributed by atoms with E-state index in [1.54, 1.807) is 0 Å². The van der Waals surface area contributed by atoms with Crippen molar-refractivity contribution < 1.29 is 9.47 Å². The summed E-state index contributed by atoms with van der Waals surface area (Å²) < 4.78 is 12.9. The van der Waals surface area contributed by atoms with Gasteiger partial charge in [0.05, 0.1) is 36.0 Å². The number of pyridine rings is 1. The SMILES string of the molecule is CCCCCCCCOc1cc(OCCCCCCCC)cc(-c2c3nc(cc4ccc([nH]4)c(-c4ccc(-c5ccncc5)cc4)c4nc(cc5ccc2[nH]5)C=C4)C=C3)c1. The van der Waals surface area contributed by atoms with Crippen LogP contribution in [0.3, 0.4) is 0 Å². The second-order valence-electron chi connectivity index (χ2n) is 15.9. The van der Waals surface area contributed by atoms with Crippen LogP contribution < -0.4 is 9.47 Å². The molecule has 8 bridgehead atoms. The summed E-state index contributed by atoms with van der Waals surface area (Å²) in [6.45, 7) is 5.88. The van der Waals surface area contributed by atoms with Crippen molar-refractivity contribution in [3.63, 3.8) is 0 Å². The Labute approximate surface area is 354 Å². The van der Waals surface area contributed by atoms with Gasteiger partial charge in [-0.05, 0) is 120 Å². The minimum Gasteiger partial charge on any atom is -0.493 e. The molecule has 2 N–H and O–H groups in total. The molecule has 2 aromatic carbocycles. The van der Waals surface area contributed by atoms with Crippen LogP contribution in [0.5, 0.6) is 11.5 Å². The first-order chi connectivity index (χ1) is 29.6. The van der Waals surface area contributed by atoms with Gasteiger partial charge < -0.3 is 19.4 Å². The highest BCUT2D eigenvalue weighted by atomic mass is 16.5. The number of benzene rings is 2. The molecule has 6 heterocycles. The minimum absolute atomic E-state index is 0.681. The molecule has 306 valence electrons. The number of H-pyrrole nitrogens is 2. The Hall–Kier alpha value is -6.21. The van der Waals surface area contributed by atoms with E-state index in [-0.39, 0.29) is 0 Å². The van der Waals surface area contributed by atoms with Crippen LogP contribution in [0.15, 0.2) is 103 Å². The summed E-state index contributed by atoms with van der Waals surface area (Å²) in [5.41, 5.74) is 13.8. The molecule has 6 aromatic rings. The van der Waals surface area contributed by atoms with Gasteiger partial charge >= 0.3 is 0 Å². The normalized spacial score (nSPS) is 12.0. The molecule has 0 aliphatic carbocycles. The minimum atomic E-state index is 0.681. The summed E-state index contributed by atoms with van der Waals surface area (Å²) in [5.74, 6) is 1.64. The van der Waals surface area contributed by atoms with Crippen LogP contribution in [-0.4, -0.2) is 38.1 Å². The molecule has 0 saturated carbocycles. The maximum absolute atomic E-state index is 6.47. The maximum atomic E-state index is 6.47. The predicted molar refractivity (Wildman–Crippen MR) is 251 cm³/mol. The van der Waals surface area contributed by atoms with Crippen LogP contribution in [0.25, 0.3) is 79.8 Å². The van der Waals surface area contributed by atoms with E-state index in [0.29, 0.717) is 13.2 Å². The van der Waals surface area contributed by atoms with Crippen molar-refractivity contribution in [2.45, 2.75) is 90.9 Å². The Morgan fingerprint density at radius 3 is 1.43 bits per heavy atom. The van der Waals surface area contributed by atoms with Crippen molar-refractivity contribution in [2.24, 2.45) is 0 Å². The van der Waals surface area contributed by atoms with Gasteiger partial charge in [-0.15, -0.1) is 0 Å². The number of hydrogen-bond donors (Lipinski definition) is 2. The van der Waals surface area contributed by atoms with Gasteiger partial charge in [0.25, 0.3) is 0 Å². The molecule has 2 aliphatic heterocycles. The Bertz CT molecular complexity index is 2550. The molecule has 0 radical (unpaired) electrons. The van der Waals surface area contributed by atoms with E-state index < -0.39 is 0 Å². The van der Waals surface area contributed by atoms with Crippen molar-refractivity contribution in [1.82, 2.24) is 24.9 Å². The molecule has 0 atom stereocenters. The number of nitrogens with one attached hydrogen (secondary N) is 2. The fourth-order valence-electron chi connectivity index (χ4n) is 8.08. The van der Waals surface area contributed by atoms with Crippen molar-refractivity contribution >= 4 is 46.4 Å². The highest BCUT2D eigenvalue weighted by molar-refractivity contribution is 5.93. The zero-order valence-electron chi connectivity index (χ0n) is 35.2. The third kappa shape index (κ3) is 10.3. The zero-order valence-corrected chi connectivity index (χ0v) is 35.2. The number of rotatable bonds is 19. The van der Waals surface area contributed by atoms with Crippen LogP contribution in [0.1, 0.15) is 114 Å². The van der Waals surface area contributed by atoms with E-state index in [9.17, 15) is 0 Å². The van der Waals surface area contributed by atoms with Crippen LogP contribution in [0.2, 0.25) is 0 Å². The fourth-order valence-corrected chi connectivity index (χ4v) is 8.08. The summed E-state index contributed by atoms with van der Waals surface area (Å²) in [4.78, 5) is 22.0. The summed E-state index contributed by atoms with van der Waals surface area (Å²) in [5, 5.41) is 0. The molecule has 2 aliphatic rings. The third-order valence-corrected chi connectivity index (χ3v) is 11.3. The lowest BCUT2D eigenvalue weighted by Gasteiger charge is -2.14. The Balaban J connectivity index is 1.18. The first-order valence-electron chi connectivity index (χ1n) is 22.2. The Morgan fingerprint density at radius 1 is 0.433 bits per heavy atom. The van der Waals surface area contributed by atoms with E-state index in [0.717, 1.165) is 103 Å². The predicted octanol–water partition coefficient (Wildman–Crippen LogP) is 14.5.